The van der Waals surface area contributed by atoms with E-state index in [0.29, 0.717) is 25.3 Å². The molecule has 124 valence electrons. The van der Waals surface area contributed by atoms with Crippen LogP contribution in [0.3, 0.4) is 0 Å². The predicted octanol–water partition coefficient (Wildman–Crippen LogP) is 1.52. The van der Waals surface area contributed by atoms with Crippen LogP contribution in [0.25, 0.3) is 11.1 Å². The van der Waals surface area contributed by atoms with Crippen LogP contribution < -0.4 is 5.32 Å². The Bertz CT molecular complexity index is 662. The molecule has 2 heterocycles. The van der Waals surface area contributed by atoms with Crippen molar-refractivity contribution in [2.24, 2.45) is 0 Å². The molecule has 0 spiro atoms. The number of amides is 1. The number of ether oxygens (including phenoxy) is 1. The molecule has 1 saturated heterocycles. The fourth-order valence-corrected chi connectivity index (χ4v) is 2.77. The zero-order chi connectivity index (χ0) is 16.1. The van der Waals surface area contributed by atoms with Crippen molar-refractivity contribution in [3.8, 4) is 0 Å². The lowest BCUT2D eigenvalue weighted by Gasteiger charge is -2.26. The first kappa shape index (κ1) is 16.0. The summed E-state index contributed by atoms with van der Waals surface area (Å²) in [6.45, 7) is 6.90. The van der Waals surface area contributed by atoms with Gasteiger partial charge in [-0.2, -0.15) is 0 Å². The molecule has 0 bridgehead atoms. The van der Waals surface area contributed by atoms with Gasteiger partial charge in [0.05, 0.1) is 13.2 Å². The van der Waals surface area contributed by atoms with E-state index in [-0.39, 0.29) is 5.91 Å². The Labute approximate surface area is 135 Å². The van der Waals surface area contributed by atoms with E-state index < -0.39 is 0 Å². The summed E-state index contributed by atoms with van der Waals surface area (Å²) in [4.78, 5) is 18.6. The second-order valence-electron chi connectivity index (χ2n) is 5.84. The number of oxazole rings is 1. The first-order valence-electron chi connectivity index (χ1n) is 8.13. The second kappa shape index (κ2) is 7.57. The highest BCUT2D eigenvalue weighted by atomic mass is 16.5. The van der Waals surface area contributed by atoms with Crippen LogP contribution >= 0.6 is 0 Å². The van der Waals surface area contributed by atoms with Crippen molar-refractivity contribution >= 4 is 17.0 Å². The Morgan fingerprint density at radius 1 is 1.35 bits per heavy atom. The van der Waals surface area contributed by atoms with E-state index in [1.165, 1.54) is 0 Å². The van der Waals surface area contributed by atoms with Crippen LogP contribution in [0, 0.1) is 6.92 Å². The van der Waals surface area contributed by atoms with E-state index >= 15 is 0 Å². The van der Waals surface area contributed by atoms with Crippen molar-refractivity contribution < 1.29 is 13.9 Å². The number of aromatic nitrogens is 1. The third-order valence-electron chi connectivity index (χ3n) is 4.05. The first-order chi connectivity index (χ1) is 11.2. The van der Waals surface area contributed by atoms with Crippen LogP contribution in [0.1, 0.15) is 17.9 Å². The number of carbonyl (C=O) groups is 1. The molecule has 2 aromatic rings. The maximum absolute atomic E-state index is 11.9. The van der Waals surface area contributed by atoms with Crippen molar-refractivity contribution in [3.05, 3.63) is 29.7 Å². The topological polar surface area (TPSA) is 67.6 Å². The fraction of sp³-hybridized carbons (Fsp3) is 0.529. The lowest BCUT2D eigenvalue weighted by atomic mass is 10.1. The van der Waals surface area contributed by atoms with Gasteiger partial charge in [-0.15, -0.1) is 0 Å². The summed E-state index contributed by atoms with van der Waals surface area (Å²) < 4.78 is 10.8. The molecule has 1 aliphatic heterocycles. The third kappa shape index (κ3) is 4.53. The molecule has 0 aliphatic carbocycles. The molecule has 0 unspecified atom stereocenters. The van der Waals surface area contributed by atoms with Crippen LogP contribution in [0.15, 0.2) is 22.6 Å². The number of rotatable bonds is 6. The van der Waals surface area contributed by atoms with Gasteiger partial charge in [-0.3, -0.25) is 9.69 Å². The highest BCUT2D eigenvalue weighted by Gasteiger charge is 2.10. The van der Waals surface area contributed by atoms with Gasteiger partial charge in [0.2, 0.25) is 5.91 Å². The van der Waals surface area contributed by atoms with E-state index in [9.17, 15) is 4.79 Å². The number of carbonyl (C=O) groups excluding carboxylic acids is 1. The first-order valence-corrected chi connectivity index (χ1v) is 8.13. The highest BCUT2D eigenvalue weighted by Crippen LogP contribution is 2.17. The van der Waals surface area contributed by atoms with Gasteiger partial charge >= 0.3 is 0 Å². The molecule has 1 aliphatic rings. The molecule has 1 N–H and O–H groups in total. The van der Waals surface area contributed by atoms with Crippen molar-refractivity contribution in [2.75, 3.05) is 39.4 Å². The zero-order valence-corrected chi connectivity index (χ0v) is 13.5. The zero-order valence-electron chi connectivity index (χ0n) is 13.5. The monoisotopic (exact) mass is 317 g/mol. The summed E-state index contributed by atoms with van der Waals surface area (Å²) in [5.41, 5.74) is 2.75. The van der Waals surface area contributed by atoms with Crippen molar-refractivity contribution in [1.82, 2.24) is 15.2 Å². The van der Waals surface area contributed by atoms with Crippen molar-refractivity contribution in [3.63, 3.8) is 0 Å². The van der Waals surface area contributed by atoms with Crippen molar-refractivity contribution in [1.29, 1.82) is 0 Å². The van der Waals surface area contributed by atoms with E-state index in [1.54, 1.807) is 0 Å². The number of benzene rings is 1. The van der Waals surface area contributed by atoms with Crippen LogP contribution in [0.5, 0.6) is 0 Å². The molecule has 0 radical (unpaired) electrons. The van der Waals surface area contributed by atoms with Crippen LogP contribution in [-0.4, -0.2) is 55.2 Å². The molecule has 1 amide bonds. The molecule has 1 aromatic carbocycles. The highest BCUT2D eigenvalue weighted by molar-refractivity contribution is 5.77. The lowest BCUT2D eigenvalue weighted by molar-refractivity contribution is -0.121. The molecular formula is C17H23N3O3. The average molecular weight is 317 g/mol. The lowest BCUT2D eigenvalue weighted by Crippen LogP contribution is -2.41. The standard InChI is InChI=1S/C17H23N3O3/c1-13-19-15-12-14(2-4-16(15)23-13)3-5-17(21)18-6-7-20-8-10-22-11-9-20/h2,4,12H,3,5-11H2,1H3,(H,18,21). The summed E-state index contributed by atoms with van der Waals surface area (Å²) in [6, 6.07) is 5.90. The molecule has 0 saturated carbocycles. The quantitative estimate of drug-likeness (QED) is 0.875. The van der Waals surface area contributed by atoms with Gasteiger partial charge in [-0.25, -0.2) is 4.98 Å². The normalized spacial score (nSPS) is 15.9. The summed E-state index contributed by atoms with van der Waals surface area (Å²) >= 11 is 0. The molecule has 6 heteroatoms. The molecule has 3 rings (SSSR count). The number of hydrogen-bond acceptors (Lipinski definition) is 5. The van der Waals surface area contributed by atoms with Gasteiger partial charge in [-0.05, 0) is 24.1 Å². The van der Waals surface area contributed by atoms with E-state index in [4.69, 9.17) is 9.15 Å². The van der Waals surface area contributed by atoms with Gasteiger partial charge in [0, 0.05) is 39.5 Å². The molecule has 0 atom stereocenters. The van der Waals surface area contributed by atoms with Gasteiger partial charge < -0.3 is 14.5 Å². The Morgan fingerprint density at radius 2 is 2.17 bits per heavy atom. The summed E-state index contributed by atoms with van der Waals surface area (Å²) in [5, 5.41) is 2.99. The third-order valence-corrected chi connectivity index (χ3v) is 4.05. The summed E-state index contributed by atoms with van der Waals surface area (Å²) in [5.74, 6) is 0.757. The van der Waals surface area contributed by atoms with Gasteiger partial charge in [0.1, 0.15) is 5.52 Å². The maximum Gasteiger partial charge on any atom is 0.220 e. The number of nitrogens with one attached hydrogen (secondary N) is 1. The number of morpholine rings is 1. The second-order valence-corrected chi connectivity index (χ2v) is 5.84. The Morgan fingerprint density at radius 3 is 3.00 bits per heavy atom. The Kier molecular flexibility index (Phi) is 5.25. The van der Waals surface area contributed by atoms with E-state index in [1.807, 2.05) is 25.1 Å². The van der Waals surface area contributed by atoms with Gasteiger partial charge in [0.15, 0.2) is 11.5 Å². The number of nitrogens with zero attached hydrogens (tertiary/aromatic N) is 2. The SMILES string of the molecule is Cc1nc2cc(CCC(=O)NCCN3CCOCC3)ccc2o1. The minimum absolute atomic E-state index is 0.0923. The Hall–Kier alpha value is -1.92. The molecule has 1 fully saturated rings. The summed E-state index contributed by atoms with van der Waals surface area (Å²) in [7, 11) is 0. The van der Waals surface area contributed by atoms with Gasteiger partial charge in [0.25, 0.3) is 0 Å². The predicted molar refractivity (Wildman–Crippen MR) is 87.3 cm³/mol. The largest absolute Gasteiger partial charge is 0.441 e. The van der Waals surface area contributed by atoms with Crippen LogP contribution in [0.2, 0.25) is 0 Å². The fourth-order valence-electron chi connectivity index (χ4n) is 2.77. The number of fused-ring (bicyclic) bond motifs is 1. The average Bonchev–Trinajstić information content (AvgIpc) is 2.93. The molecule has 6 nitrogen and oxygen atoms in total. The van der Waals surface area contributed by atoms with Crippen LogP contribution in [0.4, 0.5) is 0 Å². The van der Waals surface area contributed by atoms with Crippen LogP contribution in [-0.2, 0) is 16.0 Å². The molecule has 1 aromatic heterocycles. The van der Waals surface area contributed by atoms with Gasteiger partial charge in [-0.1, -0.05) is 6.07 Å². The minimum atomic E-state index is 0.0923. The number of aryl methyl sites for hydroxylation is 2. The summed E-state index contributed by atoms with van der Waals surface area (Å²) in [6.07, 6.45) is 1.21. The van der Waals surface area contributed by atoms with E-state index in [0.717, 1.165) is 49.5 Å². The molecule has 23 heavy (non-hydrogen) atoms. The van der Waals surface area contributed by atoms with Crippen molar-refractivity contribution in [2.45, 2.75) is 19.8 Å². The smallest absolute Gasteiger partial charge is 0.220 e. The molecular weight excluding hydrogens is 294 g/mol. The van der Waals surface area contributed by atoms with E-state index in [2.05, 4.69) is 15.2 Å². The number of hydrogen-bond donors (Lipinski definition) is 1. The Balaban J connectivity index is 1.40. The minimum Gasteiger partial charge on any atom is -0.441 e. The maximum atomic E-state index is 11.9.